The number of nitrogens with one attached hydrogen (secondary N) is 1. The fourth-order valence-electron chi connectivity index (χ4n) is 4.54. The summed E-state index contributed by atoms with van der Waals surface area (Å²) in [5.74, 6) is 1.25. The first kappa shape index (κ1) is 20.3. The molecular weight excluding hydrogens is 431 g/mol. The summed E-state index contributed by atoms with van der Waals surface area (Å²) in [5.41, 5.74) is 4.44. The van der Waals surface area contributed by atoms with Crippen molar-refractivity contribution in [3.63, 3.8) is 0 Å². The Kier molecular flexibility index (Phi) is 4.72. The second kappa shape index (κ2) is 7.21. The lowest BCUT2D eigenvalue weighted by Gasteiger charge is -2.38. The highest BCUT2D eigenvalue weighted by Crippen LogP contribution is 2.46. The van der Waals surface area contributed by atoms with Crippen LogP contribution in [0, 0.1) is 12.3 Å². The molecule has 31 heavy (non-hydrogen) atoms. The Morgan fingerprint density at radius 2 is 1.94 bits per heavy atom. The van der Waals surface area contributed by atoms with Gasteiger partial charge in [0, 0.05) is 28.3 Å². The van der Waals surface area contributed by atoms with Gasteiger partial charge in [0.25, 0.3) is 0 Å². The molecule has 0 saturated heterocycles. The average Bonchev–Trinajstić information content (AvgIpc) is 3.08. The molecule has 1 aliphatic carbocycles. The fraction of sp³-hybridized carbons (Fsp3) is 0.292. The van der Waals surface area contributed by atoms with E-state index in [1.165, 1.54) is 0 Å². The van der Waals surface area contributed by atoms with E-state index in [4.69, 9.17) is 33.3 Å². The van der Waals surface area contributed by atoms with Crippen molar-refractivity contribution in [3.05, 3.63) is 74.9 Å². The number of hydrogen-bond acceptors (Lipinski definition) is 4. The number of anilines is 1. The molecule has 1 N–H and O–H groups in total. The van der Waals surface area contributed by atoms with Gasteiger partial charge in [-0.3, -0.25) is 4.79 Å². The van der Waals surface area contributed by atoms with Gasteiger partial charge in [0.15, 0.2) is 11.6 Å². The van der Waals surface area contributed by atoms with E-state index >= 15 is 0 Å². The molecule has 158 valence electrons. The minimum atomic E-state index is -0.331. The quantitative estimate of drug-likeness (QED) is 0.501. The first-order valence-electron chi connectivity index (χ1n) is 10.2. The maximum atomic E-state index is 13.3. The Balaban J connectivity index is 1.70. The van der Waals surface area contributed by atoms with Crippen LogP contribution in [0.15, 0.2) is 53.7 Å². The summed E-state index contributed by atoms with van der Waals surface area (Å²) in [6.07, 6.45) is 1.29. The number of carbonyl (C=O) groups excluding carboxylic acids is 1. The Labute approximate surface area is 191 Å². The molecule has 3 aromatic rings. The number of halogens is 2. The summed E-state index contributed by atoms with van der Waals surface area (Å²) in [6, 6.07) is 13.1. The summed E-state index contributed by atoms with van der Waals surface area (Å²) < 4.78 is 1.81. The van der Waals surface area contributed by atoms with Crippen molar-refractivity contribution in [2.45, 2.75) is 39.7 Å². The zero-order valence-corrected chi connectivity index (χ0v) is 19.1. The summed E-state index contributed by atoms with van der Waals surface area (Å²) >= 11 is 12.5. The number of aryl methyl sites for hydroxylation is 1. The molecule has 1 aromatic heterocycles. The van der Waals surface area contributed by atoms with E-state index in [-0.39, 0.29) is 17.2 Å². The van der Waals surface area contributed by atoms with Crippen molar-refractivity contribution in [2.75, 3.05) is 5.32 Å². The van der Waals surface area contributed by atoms with Crippen molar-refractivity contribution in [1.82, 2.24) is 14.8 Å². The molecule has 1 aliphatic heterocycles. The van der Waals surface area contributed by atoms with Gasteiger partial charge in [-0.15, -0.1) is 5.10 Å². The molecule has 1 atom stereocenters. The summed E-state index contributed by atoms with van der Waals surface area (Å²) in [7, 11) is 0. The van der Waals surface area contributed by atoms with Crippen molar-refractivity contribution in [1.29, 1.82) is 0 Å². The van der Waals surface area contributed by atoms with Gasteiger partial charge in [0.2, 0.25) is 5.95 Å². The lowest BCUT2D eigenvalue weighted by Crippen LogP contribution is -2.36. The number of benzene rings is 2. The first-order chi connectivity index (χ1) is 14.7. The van der Waals surface area contributed by atoms with Crippen molar-refractivity contribution in [2.24, 2.45) is 5.41 Å². The molecule has 0 radical (unpaired) electrons. The third-order valence-corrected chi connectivity index (χ3v) is 6.41. The van der Waals surface area contributed by atoms with Gasteiger partial charge in [-0.05, 0) is 42.5 Å². The zero-order valence-electron chi connectivity index (χ0n) is 17.5. The second-order valence-corrected chi connectivity index (χ2v) is 9.95. The fourth-order valence-corrected chi connectivity index (χ4v) is 5.04. The Bertz CT molecular complexity index is 1260. The van der Waals surface area contributed by atoms with Crippen LogP contribution in [-0.2, 0) is 4.79 Å². The molecule has 2 heterocycles. The van der Waals surface area contributed by atoms with Crippen LogP contribution in [0.1, 0.15) is 43.9 Å². The van der Waals surface area contributed by atoms with Crippen LogP contribution in [-0.4, -0.2) is 20.5 Å². The number of ketones is 1. The lowest BCUT2D eigenvalue weighted by atomic mass is 9.73. The summed E-state index contributed by atoms with van der Waals surface area (Å²) in [5, 5.41) is 9.23. The maximum absolute atomic E-state index is 13.3. The number of hydrogen-bond donors (Lipinski definition) is 1. The van der Waals surface area contributed by atoms with Gasteiger partial charge < -0.3 is 5.32 Å². The largest absolute Gasteiger partial charge is 0.328 e. The van der Waals surface area contributed by atoms with E-state index in [0.717, 1.165) is 28.8 Å². The number of rotatable bonds is 2. The van der Waals surface area contributed by atoms with Crippen molar-refractivity contribution < 1.29 is 4.79 Å². The zero-order chi connectivity index (χ0) is 21.9. The molecule has 0 saturated carbocycles. The molecule has 0 amide bonds. The highest BCUT2D eigenvalue weighted by atomic mass is 35.5. The topological polar surface area (TPSA) is 59.8 Å². The van der Waals surface area contributed by atoms with Crippen molar-refractivity contribution >= 4 is 34.9 Å². The van der Waals surface area contributed by atoms with E-state index in [9.17, 15) is 4.79 Å². The van der Waals surface area contributed by atoms with E-state index < -0.39 is 0 Å². The number of aromatic nitrogens is 3. The Morgan fingerprint density at radius 1 is 1.13 bits per heavy atom. The molecule has 1 unspecified atom stereocenters. The van der Waals surface area contributed by atoms with Crippen LogP contribution in [0.25, 0.3) is 11.4 Å². The molecule has 2 aliphatic rings. The SMILES string of the molecule is Cc1cccc(C2C3=C(CC(C)(C)CC3=O)Nc3nc(-c4ccc(Cl)cc4Cl)nn32)c1. The minimum Gasteiger partial charge on any atom is -0.328 e. The standard InChI is InChI=1S/C24H22Cl2N4O/c1-13-5-4-6-14(9-13)21-20-18(11-24(2,3)12-19(20)31)27-23-28-22(29-30(21)23)16-8-7-15(25)10-17(16)26/h4-10,21H,11-12H2,1-3H3,(H,27,28,29). The molecule has 0 bridgehead atoms. The lowest BCUT2D eigenvalue weighted by molar-refractivity contribution is -0.118. The highest BCUT2D eigenvalue weighted by Gasteiger charge is 2.42. The van der Waals surface area contributed by atoms with Crippen molar-refractivity contribution in [3.8, 4) is 11.4 Å². The van der Waals surface area contributed by atoms with Crippen LogP contribution in [0.3, 0.4) is 0 Å². The second-order valence-electron chi connectivity index (χ2n) is 9.10. The van der Waals surface area contributed by atoms with Crippen LogP contribution < -0.4 is 5.32 Å². The highest BCUT2D eigenvalue weighted by molar-refractivity contribution is 6.36. The molecule has 0 spiro atoms. The predicted octanol–water partition coefficient (Wildman–Crippen LogP) is 6.22. The van der Waals surface area contributed by atoms with Gasteiger partial charge in [0.05, 0.1) is 5.02 Å². The molecule has 7 heteroatoms. The third-order valence-electron chi connectivity index (χ3n) is 5.86. The number of Topliss-reactive ketones (excluding diaryl/α,β-unsaturated/α-hetero) is 1. The molecular formula is C24H22Cl2N4O. The van der Waals surface area contributed by atoms with E-state index in [1.54, 1.807) is 12.1 Å². The first-order valence-corrected chi connectivity index (χ1v) is 11.0. The van der Waals surface area contributed by atoms with Gasteiger partial charge in [-0.2, -0.15) is 4.98 Å². The van der Waals surface area contributed by atoms with E-state index in [0.29, 0.717) is 33.8 Å². The van der Waals surface area contributed by atoms with Crippen LogP contribution in [0.4, 0.5) is 5.95 Å². The van der Waals surface area contributed by atoms with Gasteiger partial charge in [-0.25, -0.2) is 4.68 Å². The van der Waals surface area contributed by atoms with Crippen LogP contribution in [0.2, 0.25) is 10.0 Å². The summed E-state index contributed by atoms with van der Waals surface area (Å²) in [4.78, 5) is 18.0. The Hall–Kier alpha value is -2.63. The average molecular weight is 453 g/mol. The molecule has 2 aromatic carbocycles. The minimum absolute atomic E-state index is 0.107. The van der Waals surface area contributed by atoms with Gasteiger partial charge in [-0.1, -0.05) is 66.9 Å². The van der Waals surface area contributed by atoms with E-state index in [1.807, 2.05) is 35.9 Å². The number of nitrogens with zero attached hydrogens (tertiary/aromatic N) is 3. The smallest absolute Gasteiger partial charge is 0.226 e. The number of fused-ring (bicyclic) bond motifs is 1. The Morgan fingerprint density at radius 3 is 2.68 bits per heavy atom. The molecule has 5 rings (SSSR count). The molecule has 0 fully saturated rings. The monoisotopic (exact) mass is 452 g/mol. The number of allylic oxidation sites excluding steroid dienone is 2. The predicted molar refractivity (Wildman–Crippen MR) is 123 cm³/mol. The van der Waals surface area contributed by atoms with E-state index in [2.05, 4.69) is 25.2 Å². The summed E-state index contributed by atoms with van der Waals surface area (Å²) in [6.45, 7) is 6.29. The van der Waals surface area contributed by atoms with Crippen LogP contribution >= 0.6 is 23.2 Å². The number of carbonyl (C=O) groups is 1. The normalized spacial score (nSPS) is 19.6. The molecule has 5 nitrogen and oxygen atoms in total. The third kappa shape index (κ3) is 3.56. The van der Waals surface area contributed by atoms with Crippen LogP contribution in [0.5, 0.6) is 0 Å². The van der Waals surface area contributed by atoms with Gasteiger partial charge >= 0.3 is 0 Å². The van der Waals surface area contributed by atoms with Gasteiger partial charge in [0.1, 0.15) is 6.04 Å². The maximum Gasteiger partial charge on any atom is 0.226 e.